The van der Waals surface area contributed by atoms with Crippen molar-refractivity contribution >= 4 is 45.9 Å². The number of anilines is 2. The number of hydrogen-bond donors (Lipinski definition) is 2. The molecule has 0 bridgehead atoms. The van der Waals surface area contributed by atoms with E-state index in [1.165, 1.54) is 18.7 Å². The Balaban J connectivity index is 1.75. The predicted molar refractivity (Wildman–Crippen MR) is 121 cm³/mol. The number of nitrogens with one attached hydrogen (secondary N) is 2. The number of hydrogen-bond acceptors (Lipinski definition) is 5. The molecule has 0 aliphatic heterocycles. The van der Waals surface area contributed by atoms with Gasteiger partial charge in [-0.1, -0.05) is 30.8 Å². The van der Waals surface area contributed by atoms with E-state index < -0.39 is 0 Å². The van der Waals surface area contributed by atoms with Gasteiger partial charge in [-0.05, 0) is 49.7 Å². The summed E-state index contributed by atoms with van der Waals surface area (Å²) in [4.78, 5) is 41.1. The molecule has 1 unspecified atom stereocenters. The van der Waals surface area contributed by atoms with Gasteiger partial charge in [0.25, 0.3) is 5.56 Å². The molecule has 3 aromatic rings. The van der Waals surface area contributed by atoms with Crippen LogP contribution in [0.5, 0.6) is 0 Å². The quantitative estimate of drug-likeness (QED) is 0.441. The Morgan fingerprint density at radius 1 is 1.07 bits per heavy atom. The van der Waals surface area contributed by atoms with E-state index in [4.69, 9.17) is 0 Å². The first kappa shape index (κ1) is 21.6. The van der Waals surface area contributed by atoms with E-state index in [1.807, 2.05) is 26.0 Å². The summed E-state index contributed by atoms with van der Waals surface area (Å²) < 4.78 is 1.67. The van der Waals surface area contributed by atoms with Crippen molar-refractivity contribution in [1.29, 1.82) is 0 Å². The summed E-state index contributed by atoms with van der Waals surface area (Å²) in [6, 6.07) is 14.1. The van der Waals surface area contributed by atoms with Crippen LogP contribution in [0.15, 0.2) is 58.5 Å². The molecule has 0 fully saturated rings. The van der Waals surface area contributed by atoms with E-state index in [1.54, 1.807) is 41.0 Å². The van der Waals surface area contributed by atoms with Crippen LogP contribution in [0.25, 0.3) is 10.9 Å². The molecule has 0 aliphatic rings. The van der Waals surface area contributed by atoms with Gasteiger partial charge in [-0.25, -0.2) is 4.98 Å². The number of carbonyl (C=O) groups is 2. The summed E-state index contributed by atoms with van der Waals surface area (Å²) in [6.07, 6.45) is 0.778. The van der Waals surface area contributed by atoms with Crippen molar-refractivity contribution < 1.29 is 9.59 Å². The number of rotatable bonds is 7. The predicted octanol–water partition coefficient (Wildman–Crippen LogP) is 4.06. The highest BCUT2D eigenvalue weighted by Gasteiger charge is 2.16. The fraction of sp³-hybridized carbons (Fsp3) is 0.273. The number of aromatic nitrogens is 2. The molecule has 1 aromatic heterocycles. The highest BCUT2D eigenvalue weighted by Crippen LogP contribution is 2.23. The molecule has 0 saturated heterocycles. The number of para-hydroxylation sites is 1. The average molecular weight is 425 g/mol. The molecule has 0 aliphatic carbocycles. The average Bonchev–Trinajstić information content (AvgIpc) is 2.73. The lowest BCUT2D eigenvalue weighted by Crippen LogP contribution is -2.26. The summed E-state index contributed by atoms with van der Waals surface area (Å²) in [5, 5.41) is 6.60. The van der Waals surface area contributed by atoms with Crippen molar-refractivity contribution in [1.82, 2.24) is 9.55 Å². The van der Waals surface area contributed by atoms with Crippen LogP contribution in [-0.2, 0) is 9.59 Å². The van der Waals surface area contributed by atoms with Crippen molar-refractivity contribution in [3.63, 3.8) is 0 Å². The second kappa shape index (κ2) is 9.58. The van der Waals surface area contributed by atoms with Gasteiger partial charge in [0.15, 0.2) is 5.16 Å². The van der Waals surface area contributed by atoms with Crippen molar-refractivity contribution in [3.05, 3.63) is 58.9 Å². The minimum absolute atomic E-state index is 0.0264. The number of thioether (sulfide) groups is 1. The lowest BCUT2D eigenvalue weighted by atomic mass is 10.2. The minimum Gasteiger partial charge on any atom is -0.326 e. The van der Waals surface area contributed by atoms with Gasteiger partial charge >= 0.3 is 0 Å². The number of fused-ring (bicyclic) bond motifs is 1. The SMILES string of the molecule is CCC(C)n1c(SCC(=O)Nc2ccc(NC(C)=O)cc2)nc2ccccc2c1=O. The maximum Gasteiger partial charge on any atom is 0.262 e. The van der Waals surface area contributed by atoms with Gasteiger partial charge in [0.05, 0.1) is 16.7 Å². The second-order valence-electron chi connectivity index (χ2n) is 6.94. The molecule has 0 radical (unpaired) electrons. The van der Waals surface area contributed by atoms with Crippen molar-refractivity contribution in [2.24, 2.45) is 0 Å². The fourth-order valence-electron chi connectivity index (χ4n) is 2.97. The first-order chi connectivity index (χ1) is 14.4. The van der Waals surface area contributed by atoms with Gasteiger partial charge in [0.1, 0.15) is 0 Å². The smallest absolute Gasteiger partial charge is 0.262 e. The normalized spacial score (nSPS) is 11.8. The maximum absolute atomic E-state index is 13.0. The van der Waals surface area contributed by atoms with Gasteiger partial charge < -0.3 is 10.6 Å². The summed E-state index contributed by atoms with van der Waals surface area (Å²) in [7, 11) is 0. The minimum atomic E-state index is -0.203. The van der Waals surface area contributed by atoms with E-state index in [9.17, 15) is 14.4 Å². The summed E-state index contributed by atoms with van der Waals surface area (Å²) in [5.74, 6) is -0.238. The number of carbonyl (C=O) groups excluding carboxylic acids is 2. The third-order valence-electron chi connectivity index (χ3n) is 4.63. The van der Waals surface area contributed by atoms with E-state index in [0.717, 1.165) is 6.42 Å². The zero-order valence-corrected chi connectivity index (χ0v) is 18.0. The maximum atomic E-state index is 13.0. The molecule has 8 heteroatoms. The molecule has 2 N–H and O–H groups in total. The van der Waals surface area contributed by atoms with Gasteiger partial charge in [0.2, 0.25) is 11.8 Å². The Labute approximate surface area is 178 Å². The molecule has 7 nitrogen and oxygen atoms in total. The Bertz CT molecular complexity index is 1130. The molecular formula is C22H24N4O3S. The van der Waals surface area contributed by atoms with E-state index in [-0.39, 0.29) is 29.2 Å². The van der Waals surface area contributed by atoms with Crippen LogP contribution in [0, 0.1) is 0 Å². The largest absolute Gasteiger partial charge is 0.326 e. The molecular weight excluding hydrogens is 400 g/mol. The van der Waals surface area contributed by atoms with E-state index >= 15 is 0 Å². The number of benzene rings is 2. The zero-order chi connectivity index (χ0) is 21.7. The Morgan fingerprint density at radius 2 is 1.70 bits per heavy atom. The summed E-state index contributed by atoms with van der Waals surface area (Å²) in [5.41, 5.74) is 1.82. The second-order valence-corrected chi connectivity index (χ2v) is 7.88. The van der Waals surface area contributed by atoms with Crippen LogP contribution >= 0.6 is 11.8 Å². The molecule has 1 atom stereocenters. The van der Waals surface area contributed by atoms with Crippen LogP contribution in [-0.4, -0.2) is 27.1 Å². The molecule has 0 saturated carbocycles. The summed E-state index contributed by atoms with van der Waals surface area (Å²) >= 11 is 1.24. The number of nitrogens with zero attached hydrogens (tertiary/aromatic N) is 2. The van der Waals surface area contributed by atoms with E-state index in [2.05, 4.69) is 15.6 Å². The molecule has 3 rings (SSSR count). The third-order valence-corrected chi connectivity index (χ3v) is 5.58. The van der Waals surface area contributed by atoms with Crippen molar-refractivity contribution in [2.75, 3.05) is 16.4 Å². The van der Waals surface area contributed by atoms with Gasteiger partial charge in [-0.2, -0.15) is 0 Å². The zero-order valence-electron chi connectivity index (χ0n) is 17.1. The molecule has 156 valence electrons. The van der Waals surface area contributed by atoms with Crippen molar-refractivity contribution in [2.45, 2.75) is 38.4 Å². The molecule has 1 heterocycles. The molecule has 2 aromatic carbocycles. The number of amides is 2. The highest BCUT2D eigenvalue weighted by molar-refractivity contribution is 7.99. The fourth-order valence-corrected chi connectivity index (χ4v) is 3.86. The first-order valence-corrected chi connectivity index (χ1v) is 10.7. The Hall–Kier alpha value is -3.13. The monoisotopic (exact) mass is 424 g/mol. The first-order valence-electron chi connectivity index (χ1n) is 9.70. The molecule has 0 spiro atoms. The van der Waals surface area contributed by atoms with Crippen molar-refractivity contribution in [3.8, 4) is 0 Å². The standard InChI is InChI=1S/C22H24N4O3S/c1-4-14(2)26-21(29)18-7-5-6-8-19(18)25-22(26)30-13-20(28)24-17-11-9-16(10-12-17)23-15(3)27/h5-12,14H,4,13H2,1-3H3,(H,23,27)(H,24,28). The summed E-state index contributed by atoms with van der Waals surface area (Å²) in [6.45, 7) is 5.42. The molecule has 2 amide bonds. The topological polar surface area (TPSA) is 93.1 Å². The third kappa shape index (κ3) is 5.07. The lowest BCUT2D eigenvalue weighted by molar-refractivity contribution is -0.114. The van der Waals surface area contributed by atoms with E-state index in [0.29, 0.717) is 27.4 Å². The van der Waals surface area contributed by atoms with Gasteiger partial charge in [-0.15, -0.1) is 0 Å². The molecule has 30 heavy (non-hydrogen) atoms. The highest BCUT2D eigenvalue weighted by atomic mass is 32.2. The van der Waals surface area contributed by atoms with Crippen LogP contribution in [0.1, 0.15) is 33.2 Å². The van der Waals surface area contributed by atoms with Gasteiger partial charge in [-0.3, -0.25) is 19.0 Å². The van der Waals surface area contributed by atoms with Crippen LogP contribution in [0.4, 0.5) is 11.4 Å². The van der Waals surface area contributed by atoms with Gasteiger partial charge in [0, 0.05) is 24.3 Å². The van der Waals surface area contributed by atoms with Crippen LogP contribution in [0.2, 0.25) is 0 Å². The Morgan fingerprint density at radius 3 is 2.33 bits per heavy atom. The Kier molecular flexibility index (Phi) is 6.89. The van der Waals surface area contributed by atoms with Crippen LogP contribution < -0.4 is 16.2 Å². The lowest BCUT2D eigenvalue weighted by Gasteiger charge is -2.18. The van der Waals surface area contributed by atoms with Crippen LogP contribution in [0.3, 0.4) is 0 Å².